The van der Waals surface area contributed by atoms with Crippen molar-refractivity contribution < 1.29 is 0 Å². The molecule has 3 nitrogen and oxygen atoms in total. The number of nitrogens with two attached hydrogens (primary N) is 1. The molecule has 1 aromatic rings. The van der Waals surface area contributed by atoms with Gasteiger partial charge in [0.25, 0.3) is 0 Å². The number of hydrogen-bond acceptors (Lipinski definition) is 3. The Morgan fingerprint density at radius 2 is 2.00 bits per heavy atom. The predicted molar refractivity (Wildman–Crippen MR) is 77.9 cm³/mol. The first-order chi connectivity index (χ1) is 9.31. The zero-order valence-corrected chi connectivity index (χ0v) is 11.5. The van der Waals surface area contributed by atoms with E-state index < -0.39 is 0 Å². The fourth-order valence-corrected chi connectivity index (χ4v) is 4.32. The summed E-state index contributed by atoms with van der Waals surface area (Å²) in [5.41, 5.74) is 10.0. The van der Waals surface area contributed by atoms with Gasteiger partial charge in [0, 0.05) is 31.4 Å². The third-order valence-electron chi connectivity index (χ3n) is 5.40. The molecular weight excluding hydrogens is 234 g/mol. The van der Waals surface area contributed by atoms with E-state index in [-0.39, 0.29) is 0 Å². The number of rotatable bonds is 1. The Morgan fingerprint density at radius 1 is 1.11 bits per heavy atom. The molecule has 1 aromatic carbocycles. The number of benzene rings is 1. The SMILES string of the molecule is Nc1cccc2c1CN(C1CCN3CCC1C3)CC2. The van der Waals surface area contributed by atoms with Crippen LogP contribution in [0, 0.1) is 5.92 Å². The maximum Gasteiger partial charge on any atom is 0.0362 e. The normalized spacial score (nSPS) is 34.2. The van der Waals surface area contributed by atoms with Crippen LogP contribution in [0.5, 0.6) is 0 Å². The van der Waals surface area contributed by atoms with Gasteiger partial charge in [-0.05, 0) is 55.5 Å². The van der Waals surface area contributed by atoms with Crippen LogP contribution in [0.25, 0.3) is 0 Å². The Bertz CT molecular complexity index is 485. The minimum absolute atomic E-state index is 0.798. The van der Waals surface area contributed by atoms with Crippen LogP contribution in [0.3, 0.4) is 0 Å². The van der Waals surface area contributed by atoms with Gasteiger partial charge in [-0.3, -0.25) is 4.90 Å². The second kappa shape index (κ2) is 4.50. The Morgan fingerprint density at radius 3 is 2.95 bits per heavy atom. The Labute approximate surface area is 115 Å². The van der Waals surface area contributed by atoms with E-state index in [9.17, 15) is 0 Å². The number of nitrogen functional groups attached to an aromatic ring is 1. The van der Waals surface area contributed by atoms with E-state index in [2.05, 4.69) is 28.0 Å². The summed E-state index contributed by atoms with van der Waals surface area (Å²) in [6.45, 7) is 6.25. The van der Waals surface area contributed by atoms with Gasteiger partial charge >= 0.3 is 0 Å². The third-order valence-corrected chi connectivity index (χ3v) is 5.40. The van der Waals surface area contributed by atoms with Gasteiger partial charge in [-0.25, -0.2) is 0 Å². The van der Waals surface area contributed by atoms with Gasteiger partial charge in [0.2, 0.25) is 0 Å². The molecule has 3 aliphatic heterocycles. The first-order valence-electron chi connectivity index (χ1n) is 7.64. The molecule has 0 aromatic heterocycles. The van der Waals surface area contributed by atoms with Gasteiger partial charge in [-0.15, -0.1) is 0 Å². The minimum Gasteiger partial charge on any atom is -0.398 e. The van der Waals surface area contributed by atoms with Crippen molar-refractivity contribution in [2.24, 2.45) is 5.92 Å². The number of anilines is 1. The van der Waals surface area contributed by atoms with E-state index >= 15 is 0 Å². The molecule has 0 spiro atoms. The van der Waals surface area contributed by atoms with Crippen LogP contribution in [0.2, 0.25) is 0 Å². The molecule has 4 rings (SSSR count). The summed E-state index contributed by atoms with van der Waals surface area (Å²) >= 11 is 0. The fraction of sp³-hybridized carbons (Fsp3) is 0.625. The summed E-state index contributed by atoms with van der Waals surface area (Å²) < 4.78 is 0. The average molecular weight is 257 g/mol. The second-order valence-electron chi connectivity index (χ2n) is 6.41. The van der Waals surface area contributed by atoms with Crippen LogP contribution in [-0.2, 0) is 13.0 Å². The van der Waals surface area contributed by atoms with Crippen LogP contribution in [0.4, 0.5) is 5.69 Å². The standard InChI is InChI=1S/C16H23N3/c17-15-3-1-2-12-5-9-19(11-14(12)15)16-6-8-18-7-4-13(16)10-18/h1-3,13,16H,4-11,17H2. The van der Waals surface area contributed by atoms with Gasteiger partial charge < -0.3 is 10.6 Å². The molecular formula is C16H23N3. The minimum atomic E-state index is 0.798. The highest BCUT2D eigenvalue weighted by Gasteiger charge is 2.38. The van der Waals surface area contributed by atoms with Crippen LogP contribution in [-0.4, -0.2) is 42.0 Å². The maximum absolute atomic E-state index is 6.17. The summed E-state index contributed by atoms with van der Waals surface area (Å²) in [7, 11) is 0. The second-order valence-corrected chi connectivity index (χ2v) is 6.41. The van der Waals surface area contributed by atoms with Crippen molar-refractivity contribution in [3.8, 4) is 0 Å². The lowest BCUT2D eigenvalue weighted by Gasteiger charge is -2.41. The highest BCUT2D eigenvalue weighted by Crippen LogP contribution is 2.34. The number of piperidine rings is 1. The molecule has 19 heavy (non-hydrogen) atoms. The molecule has 0 amide bonds. The van der Waals surface area contributed by atoms with Gasteiger partial charge in [-0.1, -0.05) is 12.1 Å². The summed E-state index contributed by atoms with van der Waals surface area (Å²) in [4.78, 5) is 5.35. The van der Waals surface area contributed by atoms with Crippen LogP contribution in [0.15, 0.2) is 18.2 Å². The molecule has 2 fully saturated rings. The Kier molecular flexibility index (Phi) is 2.78. The molecule has 3 heteroatoms. The smallest absolute Gasteiger partial charge is 0.0362 e. The predicted octanol–water partition coefficient (Wildman–Crippen LogP) is 1.72. The molecule has 0 saturated carbocycles. The molecule has 3 unspecified atom stereocenters. The monoisotopic (exact) mass is 257 g/mol. The molecule has 2 saturated heterocycles. The number of nitrogens with zero attached hydrogens (tertiary/aromatic N) is 2. The highest BCUT2D eigenvalue weighted by molar-refractivity contribution is 5.51. The van der Waals surface area contributed by atoms with E-state index in [0.717, 1.165) is 24.2 Å². The van der Waals surface area contributed by atoms with Crippen molar-refractivity contribution in [3.05, 3.63) is 29.3 Å². The molecule has 0 aliphatic carbocycles. The zero-order chi connectivity index (χ0) is 12.8. The van der Waals surface area contributed by atoms with Crippen LogP contribution in [0.1, 0.15) is 24.0 Å². The van der Waals surface area contributed by atoms with Crippen LogP contribution >= 0.6 is 0 Å². The van der Waals surface area contributed by atoms with Crippen molar-refractivity contribution in [2.45, 2.75) is 31.8 Å². The topological polar surface area (TPSA) is 32.5 Å². The number of hydrogen-bond donors (Lipinski definition) is 1. The van der Waals surface area contributed by atoms with E-state index in [4.69, 9.17) is 5.73 Å². The van der Waals surface area contributed by atoms with Gasteiger partial charge in [0.05, 0.1) is 0 Å². The molecule has 3 heterocycles. The van der Waals surface area contributed by atoms with Crippen molar-refractivity contribution >= 4 is 5.69 Å². The lowest BCUT2D eigenvalue weighted by molar-refractivity contribution is 0.0889. The number of fused-ring (bicyclic) bond motifs is 3. The Hall–Kier alpha value is -1.06. The van der Waals surface area contributed by atoms with Gasteiger partial charge in [0.15, 0.2) is 0 Å². The largest absolute Gasteiger partial charge is 0.398 e. The van der Waals surface area contributed by atoms with Crippen molar-refractivity contribution in [3.63, 3.8) is 0 Å². The van der Waals surface area contributed by atoms with Crippen molar-refractivity contribution in [1.29, 1.82) is 0 Å². The maximum atomic E-state index is 6.17. The lowest BCUT2D eigenvalue weighted by atomic mass is 9.89. The first kappa shape index (κ1) is 11.7. The van der Waals surface area contributed by atoms with E-state index in [1.54, 1.807) is 0 Å². The molecule has 2 N–H and O–H groups in total. The van der Waals surface area contributed by atoms with Crippen molar-refractivity contribution in [1.82, 2.24) is 9.80 Å². The van der Waals surface area contributed by atoms with Gasteiger partial charge in [-0.2, -0.15) is 0 Å². The summed E-state index contributed by atoms with van der Waals surface area (Å²) in [6, 6.07) is 7.20. The van der Waals surface area contributed by atoms with E-state index in [1.807, 2.05) is 0 Å². The van der Waals surface area contributed by atoms with E-state index in [0.29, 0.717) is 0 Å². The van der Waals surface area contributed by atoms with Gasteiger partial charge in [0.1, 0.15) is 0 Å². The lowest BCUT2D eigenvalue weighted by Crippen LogP contribution is -2.48. The van der Waals surface area contributed by atoms with Crippen molar-refractivity contribution in [2.75, 3.05) is 31.9 Å². The van der Waals surface area contributed by atoms with E-state index in [1.165, 1.54) is 56.6 Å². The quantitative estimate of drug-likeness (QED) is 0.778. The molecule has 3 aliphatic rings. The molecule has 2 bridgehead atoms. The molecule has 3 atom stereocenters. The zero-order valence-electron chi connectivity index (χ0n) is 11.5. The Balaban J connectivity index is 1.56. The molecule has 102 valence electrons. The summed E-state index contributed by atoms with van der Waals surface area (Å²) in [5.74, 6) is 0.903. The summed E-state index contributed by atoms with van der Waals surface area (Å²) in [5, 5.41) is 0. The highest BCUT2D eigenvalue weighted by atomic mass is 15.2. The van der Waals surface area contributed by atoms with Crippen LogP contribution < -0.4 is 5.73 Å². The third kappa shape index (κ3) is 1.96. The molecule has 0 radical (unpaired) electrons. The first-order valence-corrected chi connectivity index (χ1v) is 7.64. The summed E-state index contributed by atoms with van der Waals surface area (Å²) in [6.07, 6.45) is 3.93. The average Bonchev–Trinajstić information content (AvgIpc) is 2.81. The fourth-order valence-electron chi connectivity index (χ4n) is 4.32.